The molecule has 0 bridgehead atoms. The van der Waals surface area contributed by atoms with Crippen molar-refractivity contribution in [2.45, 2.75) is 23.3 Å². The molecule has 1 heterocycles. The minimum Gasteiger partial charge on any atom is -0.486 e. The lowest BCUT2D eigenvalue weighted by Gasteiger charge is -2.19. The molecule has 124 valence electrons. The molecule has 24 heavy (non-hydrogen) atoms. The Morgan fingerprint density at radius 2 is 1.79 bits per heavy atom. The first-order valence-corrected chi connectivity index (χ1v) is 9.61. The van der Waals surface area contributed by atoms with E-state index in [1.807, 2.05) is 12.1 Å². The van der Waals surface area contributed by atoms with E-state index >= 15 is 0 Å². The third-order valence-electron chi connectivity index (χ3n) is 5.15. The lowest BCUT2D eigenvalue weighted by atomic mass is 10.1. The normalized spacial score (nSPS) is 26.6. The minimum absolute atomic E-state index is 0.00176. The lowest BCUT2D eigenvalue weighted by molar-refractivity contribution is 0.171. The van der Waals surface area contributed by atoms with E-state index in [1.165, 1.54) is 11.1 Å². The van der Waals surface area contributed by atoms with E-state index in [1.54, 1.807) is 18.2 Å². The maximum absolute atomic E-state index is 12.7. The number of benzene rings is 2. The Hall–Kier alpha value is -2.05. The van der Waals surface area contributed by atoms with E-state index in [2.05, 4.69) is 16.9 Å². The van der Waals surface area contributed by atoms with Gasteiger partial charge in [0.05, 0.1) is 4.90 Å². The lowest BCUT2D eigenvalue weighted by Crippen LogP contribution is -2.29. The van der Waals surface area contributed by atoms with Gasteiger partial charge in [0.25, 0.3) is 0 Å². The van der Waals surface area contributed by atoms with Gasteiger partial charge in [-0.25, -0.2) is 13.1 Å². The highest BCUT2D eigenvalue weighted by Gasteiger charge is 2.56. The predicted molar refractivity (Wildman–Crippen MR) is 87.9 cm³/mol. The van der Waals surface area contributed by atoms with Crippen LogP contribution in [0.1, 0.15) is 17.0 Å². The molecule has 0 aromatic heterocycles. The highest BCUT2D eigenvalue weighted by atomic mass is 32.2. The first-order valence-electron chi connectivity index (χ1n) is 8.13. The zero-order valence-electron chi connectivity index (χ0n) is 12.9. The van der Waals surface area contributed by atoms with Crippen LogP contribution in [-0.4, -0.2) is 27.7 Å². The molecule has 0 amide bonds. The average molecular weight is 343 g/mol. The first kappa shape index (κ1) is 14.3. The quantitative estimate of drug-likeness (QED) is 0.927. The third kappa shape index (κ3) is 2.13. The fourth-order valence-corrected chi connectivity index (χ4v) is 5.28. The molecule has 5 rings (SSSR count). The summed E-state index contributed by atoms with van der Waals surface area (Å²) in [7, 11) is -3.56. The summed E-state index contributed by atoms with van der Waals surface area (Å²) < 4.78 is 39.2. The molecule has 2 aromatic carbocycles. The van der Waals surface area contributed by atoms with Gasteiger partial charge in [0, 0.05) is 18.0 Å². The standard InChI is InChI=1S/C18H17NO4S/c20-24(21,12-5-6-15-16(10-12)23-8-7-22-15)19-18-14-9-11-3-1-2-4-13(11)17(14)18/h1-6,10,14,17-19H,7-9H2/t14-,17-,18-/m1/s1. The van der Waals surface area contributed by atoms with Gasteiger partial charge >= 0.3 is 0 Å². The van der Waals surface area contributed by atoms with Gasteiger partial charge in [-0.1, -0.05) is 24.3 Å². The number of fused-ring (bicyclic) bond motifs is 4. The Morgan fingerprint density at radius 1 is 1.00 bits per heavy atom. The molecule has 3 aliphatic rings. The Morgan fingerprint density at radius 3 is 2.67 bits per heavy atom. The van der Waals surface area contributed by atoms with E-state index in [0.717, 1.165) is 6.42 Å². The monoisotopic (exact) mass is 343 g/mol. The van der Waals surface area contributed by atoms with E-state index in [4.69, 9.17) is 9.47 Å². The van der Waals surface area contributed by atoms with Gasteiger partial charge < -0.3 is 9.47 Å². The van der Waals surface area contributed by atoms with Crippen molar-refractivity contribution in [3.63, 3.8) is 0 Å². The van der Waals surface area contributed by atoms with Gasteiger partial charge in [-0.2, -0.15) is 0 Å². The van der Waals surface area contributed by atoms with Crippen LogP contribution in [0.3, 0.4) is 0 Å². The largest absolute Gasteiger partial charge is 0.486 e. The molecule has 1 fully saturated rings. The summed E-state index contributed by atoms with van der Waals surface area (Å²) in [6.45, 7) is 0.926. The van der Waals surface area contributed by atoms with Crippen LogP contribution in [0.25, 0.3) is 0 Å². The van der Waals surface area contributed by atoms with Crippen molar-refractivity contribution >= 4 is 10.0 Å². The number of rotatable bonds is 3. The first-order chi connectivity index (χ1) is 11.6. The predicted octanol–water partition coefficient (Wildman–Crippen LogP) is 2.07. The summed E-state index contributed by atoms with van der Waals surface area (Å²) in [6.07, 6.45) is 0.954. The van der Waals surface area contributed by atoms with E-state index in [-0.39, 0.29) is 10.9 Å². The molecule has 0 saturated heterocycles. The summed E-state index contributed by atoms with van der Waals surface area (Å²) in [5, 5.41) is 0. The fourth-order valence-electron chi connectivity index (χ4n) is 3.95. The SMILES string of the molecule is O=S(=O)(N[C@@H]1[C@@H]2Cc3ccccc3[C@H]21)c1ccc2c(c1)OCCO2. The second-order valence-electron chi connectivity index (χ2n) is 6.55. The van der Waals surface area contributed by atoms with E-state index in [0.29, 0.717) is 36.5 Å². The number of sulfonamides is 1. The van der Waals surface area contributed by atoms with Crippen molar-refractivity contribution in [1.29, 1.82) is 0 Å². The van der Waals surface area contributed by atoms with Crippen LogP contribution in [0, 0.1) is 5.92 Å². The maximum Gasteiger partial charge on any atom is 0.240 e. The Labute approximate surface area is 140 Å². The molecule has 1 saturated carbocycles. The van der Waals surface area contributed by atoms with Gasteiger partial charge in [-0.15, -0.1) is 0 Å². The molecular weight excluding hydrogens is 326 g/mol. The van der Waals surface area contributed by atoms with Crippen molar-refractivity contribution in [3.8, 4) is 11.5 Å². The van der Waals surface area contributed by atoms with Crippen LogP contribution < -0.4 is 14.2 Å². The molecule has 1 N–H and O–H groups in total. The molecule has 5 nitrogen and oxygen atoms in total. The highest BCUT2D eigenvalue weighted by molar-refractivity contribution is 7.89. The van der Waals surface area contributed by atoms with Crippen LogP contribution in [-0.2, 0) is 16.4 Å². The third-order valence-corrected chi connectivity index (χ3v) is 6.61. The summed E-state index contributed by atoms with van der Waals surface area (Å²) in [6, 6.07) is 13.1. The molecule has 2 aromatic rings. The van der Waals surface area contributed by atoms with E-state index < -0.39 is 10.0 Å². The second-order valence-corrected chi connectivity index (χ2v) is 8.26. The van der Waals surface area contributed by atoms with Crippen LogP contribution >= 0.6 is 0 Å². The topological polar surface area (TPSA) is 64.6 Å². The van der Waals surface area contributed by atoms with Crippen LogP contribution in [0.5, 0.6) is 11.5 Å². The minimum atomic E-state index is -3.56. The van der Waals surface area contributed by atoms with Gasteiger partial charge in [0.1, 0.15) is 13.2 Å². The number of ether oxygens (including phenoxy) is 2. The molecule has 3 atom stereocenters. The number of hydrogen-bond donors (Lipinski definition) is 1. The molecule has 0 spiro atoms. The van der Waals surface area contributed by atoms with Gasteiger partial charge in [0.15, 0.2) is 11.5 Å². The second kappa shape index (κ2) is 4.97. The zero-order valence-corrected chi connectivity index (χ0v) is 13.8. The summed E-state index contributed by atoms with van der Waals surface area (Å²) in [5.74, 6) is 1.78. The smallest absolute Gasteiger partial charge is 0.240 e. The Bertz CT molecular complexity index is 924. The Kier molecular flexibility index (Phi) is 2.96. The molecule has 1 aliphatic heterocycles. The molecule has 6 heteroatoms. The highest BCUT2D eigenvalue weighted by Crippen LogP contribution is 2.56. The number of nitrogens with one attached hydrogen (secondary N) is 1. The van der Waals surface area contributed by atoms with Gasteiger partial charge in [-0.05, 0) is 35.6 Å². The van der Waals surface area contributed by atoms with Crippen LogP contribution in [0.2, 0.25) is 0 Å². The average Bonchev–Trinajstić information content (AvgIpc) is 3.10. The molecule has 2 aliphatic carbocycles. The van der Waals surface area contributed by atoms with Gasteiger partial charge in [-0.3, -0.25) is 0 Å². The van der Waals surface area contributed by atoms with Crippen LogP contribution in [0.4, 0.5) is 0 Å². The molecule has 0 radical (unpaired) electrons. The maximum atomic E-state index is 12.7. The van der Waals surface area contributed by atoms with Crippen molar-refractivity contribution in [2.24, 2.45) is 5.92 Å². The van der Waals surface area contributed by atoms with E-state index in [9.17, 15) is 8.42 Å². The summed E-state index contributed by atoms with van der Waals surface area (Å²) in [4.78, 5) is 0.227. The van der Waals surface area contributed by atoms with Crippen molar-refractivity contribution in [3.05, 3.63) is 53.6 Å². The summed E-state index contributed by atoms with van der Waals surface area (Å²) in [5.41, 5.74) is 2.64. The Balaban J connectivity index is 1.39. The fraction of sp³-hybridized carbons (Fsp3) is 0.333. The molecule has 0 unspecified atom stereocenters. The number of hydrogen-bond acceptors (Lipinski definition) is 4. The van der Waals surface area contributed by atoms with Crippen molar-refractivity contribution < 1.29 is 17.9 Å². The summed E-state index contributed by atoms with van der Waals surface area (Å²) >= 11 is 0. The van der Waals surface area contributed by atoms with Crippen LogP contribution in [0.15, 0.2) is 47.4 Å². The molecular formula is C18H17NO4S. The van der Waals surface area contributed by atoms with Crippen molar-refractivity contribution in [1.82, 2.24) is 4.72 Å². The zero-order chi connectivity index (χ0) is 16.3. The van der Waals surface area contributed by atoms with Crippen molar-refractivity contribution in [2.75, 3.05) is 13.2 Å². The van der Waals surface area contributed by atoms with Gasteiger partial charge in [0.2, 0.25) is 10.0 Å².